The number of benzene rings is 4. The van der Waals surface area contributed by atoms with Crippen molar-refractivity contribution in [1.29, 1.82) is 0 Å². The number of rotatable bonds is 8. The molecule has 2 aliphatic rings. The van der Waals surface area contributed by atoms with Gasteiger partial charge in [-0.2, -0.15) is 8.61 Å². The molecule has 46 heavy (non-hydrogen) atoms. The fraction of sp³-hybridized carbons (Fsp3) is 0.278. The summed E-state index contributed by atoms with van der Waals surface area (Å²) in [4.78, 5) is 0.352. The molecule has 0 N–H and O–H groups in total. The Labute approximate surface area is 277 Å². The summed E-state index contributed by atoms with van der Waals surface area (Å²) in [6, 6.07) is 28.3. The normalized spacial score (nSPS) is 21.2. The highest BCUT2D eigenvalue weighted by Gasteiger charge is 2.51. The monoisotopic (exact) mass is 676 g/mol. The van der Waals surface area contributed by atoms with Crippen LogP contribution in [0.3, 0.4) is 0 Å². The molecule has 0 aliphatic carbocycles. The van der Waals surface area contributed by atoms with Crippen LogP contribution in [0.15, 0.2) is 124 Å². The first kappa shape index (κ1) is 32.5. The van der Waals surface area contributed by atoms with Crippen LogP contribution in [0.1, 0.15) is 54.1 Å². The van der Waals surface area contributed by atoms with Crippen molar-refractivity contribution in [1.82, 2.24) is 8.61 Å². The summed E-state index contributed by atoms with van der Waals surface area (Å²) in [5.74, 6) is 0.600. The molecule has 240 valence electrons. The molecule has 2 aliphatic heterocycles. The number of halogens is 1. The summed E-state index contributed by atoms with van der Waals surface area (Å²) in [7, 11) is -8.09. The predicted octanol–water partition coefficient (Wildman–Crippen LogP) is 7.59. The number of hydrogen-bond donors (Lipinski definition) is 0. The van der Waals surface area contributed by atoms with Gasteiger partial charge in [-0.25, -0.2) is 16.8 Å². The molecule has 0 bridgehead atoms. The van der Waals surface area contributed by atoms with Crippen molar-refractivity contribution in [2.75, 3.05) is 13.2 Å². The second kappa shape index (κ2) is 13.0. The average molecular weight is 677 g/mol. The van der Waals surface area contributed by atoms with Crippen LogP contribution >= 0.6 is 11.6 Å². The van der Waals surface area contributed by atoms with E-state index in [4.69, 9.17) is 16.3 Å². The van der Waals surface area contributed by atoms with Crippen molar-refractivity contribution in [3.63, 3.8) is 0 Å². The lowest BCUT2D eigenvalue weighted by atomic mass is 9.84. The number of aryl methyl sites for hydroxylation is 2. The second-order valence-corrected chi connectivity index (χ2v) is 16.0. The largest absolute Gasteiger partial charge is 0.498 e. The standard InChI is InChI=1S/C36H37ClN2O5S2/c1-4-44-36-23-35(30-12-8-9-13-32(30)37)39(46(42,43)29-20-16-26(3)17-21-29)34-22-33(27-10-6-5-7-11-27)38(24-31(34)36)45(40,41)28-18-14-25(2)15-19-28/h5-21,33-35H,4,22-24H2,1-3H3/t33-,34-,35-/m0/s1. The highest BCUT2D eigenvalue weighted by molar-refractivity contribution is 7.89. The maximum absolute atomic E-state index is 14.8. The van der Waals surface area contributed by atoms with E-state index >= 15 is 0 Å². The van der Waals surface area contributed by atoms with Gasteiger partial charge in [0.15, 0.2) is 0 Å². The fourth-order valence-corrected chi connectivity index (χ4v) is 10.2. The quantitative estimate of drug-likeness (QED) is 0.192. The van der Waals surface area contributed by atoms with Gasteiger partial charge < -0.3 is 4.74 Å². The Morgan fingerprint density at radius 3 is 1.87 bits per heavy atom. The van der Waals surface area contributed by atoms with Crippen molar-refractivity contribution in [2.24, 2.45) is 0 Å². The average Bonchev–Trinajstić information content (AvgIpc) is 3.05. The molecule has 0 radical (unpaired) electrons. The summed E-state index contributed by atoms with van der Waals surface area (Å²) < 4.78 is 67.7. The molecule has 3 atom stereocenters. The zero-order chi connectivity index (χ0) is 32.6. The molecule has 0 amide bonds. The maximum atomic E-state index is 14.8. The molecule has 0 saturated carbocycles. The summed E-state index contributed by atoms with van der Waals surface area (Å²) >= 11 is 6.76. The van der Waals surface area contributed by atoms with Crippen LogP contribution in [-0.2, 0) is 24.8 Å². The van der Waals surface area contributed by atoms with E-state index in [1.807, 2.05) is 69.3 Å². The molecule has 1 saturated heterocycles. The van der Waals surface area contributed by atoms with Crippen LogP contribution in [0.5, 0.6) is 0 Å². The van der Waals surface area contributed by atoms with Gasteiger partial charge in [-0.1, -0.05) is 95.5 Å². The van der Waals surface area contributed by atoms with E-state index in [2.05, 4.69) is 0 Å². The van der Waals surface area contributed by atoms with Gasteiger partial charge in [0.1, 0.15) is 5.76 Å². The molecule has 1 fully saturated rings. The number of ether oxygens (including phenoxy) is 1. The third-order valence-electron chi connectivity index (χ3n) is 8.86. The molecule has 0 spiro atoms. The molecular formula is C36H37ClN2O5S2. The van der Waals surface area contributed by atoms with Crippen molar-refractivity contribution in [2.45, 2.75) is 61.5 Å². The Kier molecular flexibility index (Phi) is 9.15. The van der Waals surface area contributed by atoms with Crippen LogP contribution < -0.4 is 0 Å². The summed E-state index contributed by atoms with van der Waals surface area (Å²) in [6.07, 6.45) is 0.399. The number of fused-ring (bicyclic) bond motifs is 1. The summed E-state index contributed by atoms with van der Waals surface area (Å²) in [6.45, 7) is 6.02. The van der Waals surface area contributed by atoms with Crippen LogP contribution in [0.2, 0.25) is 5.02 Å². The van der Waals surface area contributed by atoms with E-state index in [1.165, 1.54) is 4.31 Å². The zero-order valence-corrected chi connectivity index (χ0v) is 28.4. The van der Waals surface area contributed by atoms with Crippen molar-refractivity contribution < 1.29 is 21.6 Å². The first-order valence-corrected chi connectivity index (χ1v) is 18.6. The van der Waals surface area contributed by atoms with Gasteiger partial charge in [0.05, 0.1) is 34.5 Å². The highest BCUT2D eigenvalue weighted by Crippen LogP contribution is 2.50. The molecule has 6 rings (SSSR count). The van der Waals surface area contributed by atoms with E-state index < -0.39 is 38.2 Å². The van der Waals surface area contributed by atoms with Crippen LogP contribution in [0, 0.1) is 13.8 Å². The molecule has 0 aromatic heterocycles. The number of nitrogens with zero attached hydrogens (tertiary/aromatic N) is 2. The Balaban J connectivity index is 1.57. The first-order valence-electron chi connectivity index (χ1n) is 15.3. The lowest BCUT2D eigenvalue weighted by Crippen LogP contribution is -2.55. The molecular weight excluding hydrogens is 640 g/mol. The highest BCUT2D eigenvalue weighted by atomic mass is 35.5. The van der Waals surface area contributed by atoms with E-state index in [0.29, 0.717) is 28.5 Å². The second-order valence-electron chi connectivity index (χ2n) is 11.8. The van der Waals surface area contributed by atoms with Gasteiger partial charge >= 0.3 is 0 Å². The van der Waals surface area contributed by atoms with Gasteiger partial charge in [-0.05, 0) is 68.7 Å². The smallest absolute Gasteiger partial charge is 0.244 e. The molecule has 10 heteroatoms. The topological polar surface area (TPSA) is 84.0 Å². The lowest BCUT2D eigenvalue weighted by molar-refractivity contribution is 0.118. The van der Waals surface area contributed by atoms with E-state index in [9.17, 15) is 16.8 Å². The third-order valence-corrected chi connectivity index (χ3v) is 13.0. The van der Waals surface area contributed by atoms with E-state index in [-0.39, 0.29) is 29.2 Å². The molecule has 4 aromatic carbocycles. The Morgan fingerprint density at radius 1 is 0.717 bits per heavy atom. The minimum atomic E-state index is -4.10. The predicted molar refractivity (Wildman–Crippen MR) is 180 cm³/mol. The lowest BCUT2D eigenvalue weighted by Gasteiger charge is -2.49. The fourth-order valence-electron chi connectivity index (χ4n) is 6.56. The van der Waals surface area contributed by atoms with E-state index in [0.717, 1.165) is 16.7 Å². The molecule has 2 heterocycles. The Bertz CT molecular complexity index is 1960. The molecule has 0 unspecified atom stereocenters. The third kappa shape index (κ3) is 6.02. The summed E-state index contributed by atoms with van der Waals surface area (Å²) in [5.41, 5.74) is 3.99. The zero-order valence-electron chi connectivity index (χ0n) is 26.0. The van der Waals surface area contributed by atoms with Gasteiger partial charge in [-0.15, -0.1) is 0 Å². The number of sulfonamides is 2. The number of hydrogen-bond acceptors (Lipinski definition) is 5. The van der Waals surface area contributed by atoms with Crippen LogP contribution in [0.25, 0.3) is 0 Å². The minimum Gasteiger partial charge on any atom is -0.498 e. The molecule has 7 nitrogen and oxygen atoms in total. The SMILES string of the molecule is CCOC1=C2CN(S(=O)(=O)c3ccc(C)cc3)[C@H](c3ccccc3)C[C@@H]2N(S(=O)(=O)c2ccc(C)cc2)[C@H](c2ccccc2Cl)C1. The van der Waals surface area contributed by atoms with Crippen molar-refractivity contribution in [3.05, 3.63) is 142 Å². The maximum Gasteiger partial charge on any atom is 0.244 e. The Hall–Kier alpha value is -3.47. The Morgan fingerprint density at radius 2 is 1.28 bits per heavy atom. The summed E-state index contributed by atoms with van der Waals surface area (Å²) in [5, 5.41) is 0.454. The molecule has 4 aromatic rings. The van der Waals surface area contributed by atoms with E-state index in [1.54, 1.807) is 58.9 Å². The van der Waals surface area contributed by atoms with Gasteiger partial charge in [0.2, 0.25) is 20.0 Å². The van der Waals surface area contributed by atoms with Gasteiger partial charge in [-0.3, -0.25) is 0 Å². The van der Waals surface area contributed by atoms with Gasteiger partial charge in [0, 0.05) is 23.6 Å². The minimum absolute atomic E-state index is 0.0229. The van der Waals surface area contributed by atoms with Crippen molar-refractivity contribution >= 4 is 31.6 Å². The van der Waals surface area contributed by atoms with Crippen molar-refractivity contribution in [3.8, 4) is 0 Å². The van der Waals surface area contributed by atoms with Crippen LogP contribution in [0.4, 0.5) is 0 Å². The van der Waals surface area contributed by atoms with Gasteiger partial charge in [0.25, 0.3) is 0 Å². The van der Waals surface area contributed by atoms with Crippen LogP contribution in [-0.4, -0.2) is 44.6 Å². The number of piperidine rings is 1. The first-order chi connectivity index (χ1) is 22.0.